The van der Waals surface area contributed by atoms with Crippen molar-refractivity contribution in [2.24, 2.45) is 5.73 Å². The van der Waals surface area contributed by atoms with E-state index in [-0.39, 0.29) is 5.41 Å². The van der Waals surface area contributed by atoms with Crippen LogP contribution in [0.5, 0.6) is 11.5 Å². The summed E-state index contributed by atoms with van der Waals surface area (Å²) in [4.78, 5) is 0. The van der Waals surface area contributed by atoms with Crippen molar-refractivity contribution in [2.75, 3.05) is 33.9 Å². The molecule has 0 radical (unpaired) electrons. The maximum absolute atomic E-state index is 5.50. The predicted molar refractivity (Wildman–Crippen MR) is 79.1 cm³/mol. The van der Waals surface area contributed by atoms with Gasteiger partial charge in [-0.25, -0.2) is 0 Å². The van der Waals surface area contributed by atoms with Gasteiger partial charge in [-0.05, 0) is 37.7 Å². The van der Waals surface area contributed by atoms with Crippen molar-refractivity contribution in [1.29, 1.82) is 0 Å². The molecule has 3 N–H and O–H groups in total. The summed E-state index contributed by atoms with van der Waals surface area (Å²) in [6.45, 7) is 6.91. The molecule has 0 unspecified atom stereocenters. The molecule has 108 valence electrons. The molecule has 4 nitrogen and oxygen atoms in total. The number of ether oxygens (including phenoxy) is 2. The summed E-state index contributed by atoms with van der Waals surface area (Å²) in [5, 5.41) is 3.44. The van der Waals surface area contributed by atoms with Gasteiger partial charge in [-0.1, -0.05) is 13.8 Å². The Labute approximate surface area is 116 Å². The van der Waals surface area contributed by atoms with Crippen molar-refractivity contribution in [3.63, 3.8) is 0 Å². The van der Waals surface area contributed by atoms with Crippen LogP contribution < -0.4 is 20.5 Å². The fourth-order valence-electron chi connectivity index (χ4n) is 2.07. The van der Waals surface area contributed by atoms with Gasteiger partial charge in [0.15, 0.2) is 0 Å². The smallest absolute Gasteiger partial charge is 0.122 e. The topological polar surface area (TPSA) is 56.5 Å². The summed E-state index contributed by atoms with van der Waals surface area (Å²) >= 11 is 0. The minimum absolute atomic E-state index is 0.0333. The van der Waals surface area contributed by atoms with Crippen LogP contribution in [0.1, 0.15) is 25.8 Å². The number of benzene rings is 1. The Morgan fingerprint density at radius 1 is 1.21 bits per heavy atom. The van der Waals surface area contributed by atoms with E-state index in [0.717, 1.165) is 43.1 Å². The van der Waals surface area contributed by atoms with Gasteiger partial charge in [-0.2, -0.15) is 0 Å². The molecular weight excluding hydrogens is 240 g/mol. The summed E-state index contributed by atoms with van der Waals surface area (Å²) in [7, 11) is 3.38. The highest BCUT2D eigenvalue weighted by molar-refractivity contribution is 5.44. The van der Waals surface area contributed by atoms with Gasteiger partial charge in [0.05, 0.1) is 14.2 Å². The van der Waals surface area contributed by atoms with Crippen molar-refractivity contribution in [3.8, 4) is 11.5 Å². The van der Waals surface area contributed by atoms with Gasteiger partial charge < -0.3 is 20.5 Å². The standard InChI is InChI=1S/C15H26N2O2/c1-15(2,11-17-9-5-8-16)13-10-12(18-3)6-7-14(13)19-4/h6-7,10,17H,5,8-9,11,16H2,1-4H3. The van der Waals surface area contributed by atoms with Crippen LogP contribution in [0.25, 0.3) is 0 Å². The molecule has 0 aromatic heterocycles. The number of nitrogens with two attached hydrogens (primary N) is 1. The Kier molecular flexibility index (Phi) is 6.12. The summed E-state index contributed by atoms with van der Waals surface area (Å²) in [6.07, 6.45) is 0.991. The minimum Gasteiger partial charge on any atom is -0.497 e. The van der Waals surface area contributed by atoms with E-state index in [0.29, 0.717) is 0 Å². The molecule has 0 atom stereocenters. The van der Waals surface area contributed by atoms with Crippen LogP contribution in [-0.4, -0.2) is 33.9 Å². The number of hydrogen-bond acceptors (Lipinski definition) is 4. The fourth-order valence-corrected chi connectivity index (χ4v) is 2.07. The van der Waals surface area contributed by atoms with Crippen molar-refractivity contribution < 1.29 is 9.47 Å². The SMILES string of the molecule is COc1ccc(OC)c(C(C)(C)CNCCCN)c1. The Bertz CT molecular complexity index is 392. The maximum atomic E-state index is 5.50. The van der Waals surface area contributed by atoms with Crippen LogP contribution in [0.2, 0.25) is 0 Å². The van der Waals surface area contributed by atoms with E-state index >= 15 is 0 Å². The number of hydrogen-bond donors (Lipinski definition) is 2. The van der Waals surface area contributed by atoms with Crippen molar-refractivity contribution >= 4 is 0 Å². The van der Waals surface area contributed by atoms with E-state index in [4.69, 9.17) is 15.2 Å². The number of methoxy groups -OCH3 is 2. The zero-order valence-electron chi connectivity index (χ0n) is 12.5. The first-order valence-electron chi connectivity index (χ1n) is 6.68. The van der Waals surface area contributed by atoms with Crippen LogP contribution in [0.15, 0.2) is 18.2 Å². The normalized spacial score (nSPS) is 11.4. The summed E-state index contributed by atoms with van der Waals surface area (Å²) in [5.41, 5.74) is 6.61. The van der Waals surface area contributed by atoms with Crippen molar-refractivity contribution in [2.45, 2.75) is 25.7 Å². The van der Waals surface area contributed by atoms with E-state index < -0.39 is 0 Å². The highest BCUT2D eigenvalue weighted by atomic mass is 16.5. The van der Waals surface area contributed by atoms with E-state index in [1.807, 2.05) is 18.2 Å². The molecule has 4 heteroatoms. The third-order valence-corrected chi connectivity index (χ3v) is 3.26. The quantitative estimate of drug-likeness (QED) is 0.706. The van der Waals surface area contributed by atoms with Crippen LogP contribution in [0.4, 0.5) is 0 Å². The average Bonchev–Trinajstić information content (AvgIpc) is 2.43. The molecule has 0 aliphatic heterocycles. The highest BCUT2D eigenvalue weighted by Gasteiger charge is 2.24. The lowest BCUT2D eigenvalue weighted by atomic mass is 9.83. The molecule has 0 saturated carbocycles. The van der Waals surface area contributed by atoms with Crippen molar-refractivity contribution in [1.82, 2.24) is 5.32 Å². The molecule has 1 rings (SSSR count). The van der Waals surface area contributed by atoms with Gasteiger partial charge in [-0.3, -0.25) is 0 Å². The molecule has 1 aromatic rings. The average molecular weight is 266 g/mol. The lowest BCUT2D eigenvalue weighted by molar-refractivity contribution is 0.377. The van der Waals surface area contributed by atoms with Crippen molar-refractivity contribution in [3.05, 3.63) is 23.8 Å². The van der Waals surface area contributed by atoms with Gasteiger partial charge in [0.25, 0.3) is 0 Å². The molecule has 0 amide bonds. The molecule has 0 spiro atoms. The predicted octanol–water partition coefficient (Wildman–Crippen LogP) is 1.92. The first-order valence-corrected chi connectivity index (χ1v) is 6.68. The third kappa shape index (κ3) is 4.40. The van der Waals surface area contributed by atoms with E-state index in [1.165, 1.54) is 0 Å². The molecule has 0 bridgehead atoms. The third-order valence-electron chi connectivity index (χ3n) is 3.26. The largest absolute Gasteiger partial charge is 0.497 e. The summed E-state index contributed by atoms with van der Waals surface area (Å²) < 4.78 is 10.8. The van der Waals surface area contributed by atoms with Gasteiger partial charge in [0, 0.05) is 17.5 Å². The Morgan fingerprint density at radius 2 is 1.95 bits per heavy atom. The van der Waals surface area contributed by atoms with Crippen LogP contribution >= 0.6 is 0 Å². The van der Waals surface area contributed by atoms with Gasteiger partial charge in [-0.15, -0.1) is 0 Å². The molecule has 0 aliphatic carbocycles. The molecule has 1 aromatic carbocycles. The highest BCUT2D eigenvalue weighted by Crippen LogP contribution is 2.34. The summed E-state index contributed by atoms with van der Waals surface area (Å²) in [6, 6.07) is 5.92. The molecule has 0 saturated heterocycles. The van der Waals surface area contributed by atoms with Gasteiger partial charge in [0.1, 0.15) is 11.5 Å². The molecule has 0 heterocycles. The van der Waals surface area contributed by atoms with Crippen LogP contribution in [0, 0.1) is 0 Å². The lowest BCUT2D eigenvalue weighted by Crippen LogP contribution is -2.34. The van der Waals surface area contributed by atoms with Gasteiger partial charge in [0.2, 0.25) is 0 Å². The lowest BCUT2D eigenvalue weighted by Gasteiger charge is -2.28. The van der Waals surface area contributed by atoms with E-state index in [9.17, 15) is 0 Å². The first-order chi connectivity index (χ1) is 9.05. The monoisotopic (exact) mass is 266 g/mol. The van der Waals surface area contributed by atoms with Crippen LogP contribution in [-0.2, 0) is 5.41 Å². The molecule has 0 aliphatic rings. The molecule has 19 heavy (non-hydrogen) atoms. The second kappa shape index (κ2) is 7.36. The van der Waals surface area contributed by atoms with E-state index in [2.05, 4.69) is 19.2 Å². The summed E-state index contributed by atoms with van der Waals surface area (Å²) in [5.74, 6) is 1.75. The Morgan fingerprint density at radius 3 is 2.53 bits per heavy atom. The Hall–Kier alpha value is -1.26. The second-order valence-electron chi connectivity index (χ2n) is 5.27. The fraction of sp³-hybridized carbons (Fsp3) is 0.600. The zero-order valence-corrected chi connectivity index (χ0v) is 12.5. The molecular formula is C15H26N2O2. The Balaban J connectivity index is 2.85. The first kappa shape index (κ1) is 15.8. The van der Waals surface area contributed by atoms with E-state index in [1.54, 1.807) is 14.2 Å². The van der Waals surface area contributed by atoms with Crippen LogP contribution in [0.3, 0.4) is 0 Å². The van der Waals surface area contributed by atoms with Gasteiger partial charge >= 0.3 is 0 Å². The minimum atomic E-state index is -0.0333. The molecule has 0 fully saturated rings. The second-order valence-corrected chi connectivity index (χ2v) is 5.27. The number of nitrogens with one attached hydrogen (secondary N) is 1. The zero-order chi connectivity index (χ0) is 14.3. The maximum Gasteiger partial charge on any atom is 0.122 e. The number of rotatable bonds is 8.